The molecule has 1 unspecified atom stereocenters. The Morgan fingerprint density at radius 3 is 1.97 bits per heavy atom. The molecule has 0 spiro atoms. The zero-order valence-corrected chi connectivity index (χ0v) is 18.8. The maximum atomic E-state index is 12.1. The van der Waals surface area contributed by atoms with Gasteiger partial charge in [0.15, 0.2) is 12.4 Å². The summed E-state index contributed by atoms with van der Waals surface area (Å²) in [5.41, 5.74) is 0. The third-order valence-electron chi connectivity index (χ3n) is 3.77. The maximum Gasteiger partial charge on any atom is 0.530 e. The van der Waals surface area contributed by atoms with E-state index in [1.807, 2.05) is 0 Å². The smallest absolute Gasteiger partial charge is 0.394 e. The number of hydrogen-bond donors (Lipinski definition) is 10. The quantitative estimate of drug-likeness (QED) is 0.103. The highest BCUT2D eigenvalue weighted by Crippen LogP contribution is 2.50. The van der Waals surface area contributed by atoms with Crippen molar-refractivity contribution in [1.82, 2.24) is 0 Å². The third kappa shape index (κ3) is 10.8. The lowest BCUT2D eigenvalue weighted by atomic mass is 9.99. The molecule has 33 heavy (non-hydrogen) atoms. The Kier molecular flexibility index (Phi) is 11.2. The molecule has 0 aromatic carbocycles. The van der Waals surface area contributed by atoms with E-state index >= 15 is 0 Å². The van der Waals surface area contributed by atoms with Crippen LogP contribution >= 0.6 is 23.5 Å². The Balaban J connectivity index is 2.99. The lowest BCUT2D eigenvalue weighted by molar-refractivity contribution is -0.276. The van der Waals surface area contributed by atoms with Crippen molar-refractivity contribution in [3.8, 4) is 0 Å². The van der Waals surface area contributed by atoms with E-state index in [-0.39, 0.29) is 0 Å². The van der Waals surface area contributed by atoms with Crippen LogP contribution in [0.25, 0.3) is 0 Å². The molecule has 0 aromatic heterocycles. The molecule has 0 aromatic rings. The highest BCUT2D eigenvalue weighted by Gasteiger charge is 2.51. The first kappa shape index (κ1) is 30.6. The van der Waals surface area contributed by atoms with E-state index in [4.69, 9.17) is 34.5 Å². The van der Waals surface area contributed by atoms with Gasteiger partial charge in [0.05, 0.1) is 25.7 Å². The Hall–Kier alpha value is -0.400. The van der Waals surface area contributed by atoms with Crippen LogP contribution in [0.4, 0.5) is 0 Å². The monoisotopic (exact) mass is 552 g/mol. The number of hydrogen-bond acceptors (Lipinski definition) is 14. The zero-order chi connectivity index (χ0) is 25.8. The highest BCUT2D eigenvalue weighted by molar-refractivity contribution is 7.48. The fraction of sp³-hybridized carbons (Fsp3) is 0.909. The lowest BCUT2D eigenvalue weighted by Gasteiger charge is -2.41. The molecule has 0 saturated carbocycles. The second-order valence-electron chi connectivity index (χ2n) is 6.43. The predicted molar refractivity (Wildman–Crippen MR) is 96.3 cm³/mol. The Bertz CT molecular complexity index is 792. The van der Waals surface area contributed by atoms with Gasteiger partial charge in [-0.1, -0.05) is 0 Å². The van der Waals surface area contributed by atoms with Gasteiger partial charge in [0, 0.05) is 0 Å². The molecule has 0 radical (unpaired) electrons. The number of rotatable bonds is 12. The van der Waals surface area contributed by atoms with Crippen LogP contribution < -0.4 is 0 Å². The molecule has 1 fully saturated rings. The van der Waals surface area contributed by atoms with Crippen molar-refractivity contribution < 1.29 is 91.3 Å². The van der Waals surface area contributed by atoms with Crippen LogP contribution in [0, 0.1) is 0 Å². The van der Waals surface area contributed by atoms with E-state index in [0.29, 0.717) is 0 Å². The number of ether oxygens (including phenoxy) is 1. The summed E-state index contributed by atoms with van der Waals surface area (Å²) in [4.78, 5) is 56.7. The summed E-state index contributed by atoms with van der Waals surface area (Å²) in [6, 6.07) is 0. The topological polar surface area (TPSA) is 317 Å². The van der Waals surface area contributed by atoms with Crippen molar-refractivity contribution in [2.24, 2.45) is 0 Å². The molecule has 19 nitrogen and oxygen atoms in total. The number of aliphatic hydroxyl groups is 5. The van der Waals surface area contributed by atoms with Crippen LogP contribution in [0.1, 0.15) is 6.42 Å². The van der Waals surface area contributed by atoms with E-state index in [1.165, 1.54) is 0 Å². The summed E-state index contributed by atoms with van der Waals surface area (Å²) in [5, 5.41) is 47.4. The van der Waals surface area contributed by atoms with Crippen LogP contribution in [0.3, 0.4) is 0 Å². The van der Waals surface area contributed by atoms with E-state index < -0.39 is 92.0 Å². The fourth-order valence-electron chi connectivity index (χ4n) is 2.32. The molecule has 1 aliphatic rings. The standard InChI is InChI=1S/C11H23O19P3/c12-2-5(14)4(13)1-7(15)28-33(24,25)29-10-9(17)8(16)6(3-26-31(18,19)20)27-11(10)30-32(21,22)23/h4-6,8-14,16-17H,1-3H2,(H,24,25)(H2,18,19,20)(H2,21,22,23)/t4-,5+,6+,8+,9-,10+,11+/m0/s1. The summed E-state index contributed by atoms with van der Waals surface area (Å²) < 4.78 is 55.6. The van der Waals surface area contributed by atoms with Crippen LogP contribution in [-0.2, 0) is 41.3 Å². The second-order valence-corrected chi connectivity index (χ2v) is 10.2. The van der Waals surface area contributed by atoms with Crippen molar-refractivity contribution >= 4 is 29.4 Å². The van der Waals surface area contributed by atoms with Gasteiger partial charge in [-0.05, 0) is 0 Å². The van der Waals surface area contributed by atoms with Crippen molar-refractivity contribution in [3.63, 3.8) is 0 Å². The van der Waals surface area contributed by atoms with Gasteiger partial charge >= 0.3 is 29.4 Å². The molecule has 1 saturated heterocycles. The first-order valence-corrected chi connectivity index (χ1v) is 13.1. The van der Waals surface area contributed by atoms with E-state index in [0.717, 1.165) is 0 Å². The van der Waals surface area contributed by atoms with Gasteiger partial charge in [0.25, 0.3) is 0 Å². The number of aliphatic hydroxyl groups excluding tert-OH is 5. The SMILES string of the molecule is O=C(C[C@H](O)[C@H](O)CO)OP(=O)(O)O[C@H]1[C@@H](OP(=O)(O)O)O[C@H](COP(=O)(O)O)[C@@H](O)[C@@H]1O. The van der Waals surface area contributed by atoms with Gasteiger partial charge < -0.3 is 54.4 Å². The van der Waals surface area contributed by atoms with E-state index in [2.05, 4.69) is 18.1 Å². The first-order valence-electron chi connectivity index (χ1n) is 8.51. The minimum Gasteiger partial charge on any atom is -0.394 e. The third-order valence-corrected chi connectivity index (χ3v) is 5.68. The van der Waals surface area contributed by atoms with Crippen LogP contribution in [0.5, 0.6) is 0 Å². The molecular weight excluding hydrogens is 529 g/mol. The van der Waals surface area contributed by atoms with Gasteiger partial charge in [-0.25, -0.2) is 13.7 Å². The van der Waals surface area contributed by atoms with Crippen LogP contribution in [0.15, 0.2) is 0 Å². The summed E-state index contributed by atoms with van der Waals surface area (Å²) in [7, 11) is -16.2. The first-order chi connectivity index (χ1) is 14.8. The van der Waals surface area contributed by atoms with Crippen molar-refractivity contribution in [1.29, 1.82) is 0 Å². The average Bonchev–Trinajstić information content (AvgIpc) is 2.63. The molecule has 0 aliphatic carbocycles. The summed E-state index contributed by atoms with van der Waals surface area (Å²) in [5.74, 6) is -1.66. The molecule has 22 heteroatoms. The van der Waals surface area contributed by atoms with Crippen LogP contribution in [0.2, 0.25) is 0 Å². The van der Waals surface area contributed by atoms with Gasteiger partial charge in [-0.3, -0.25) is 23.3 Å². The fourth-order valence-corrected chi connectivity index (χ4v) is 4.00. The Morgan fingerprint density at radius 1 is 0.909 bits per heavy atom. The minimum absolute atomic E-state index is 0.973. The highest BCUT2D eigenvalue weighted by atomic mass is 31.2. The van der Waals surface area contributed by atoms with Gasteiger partial charge in [0.1, 0.15) is 24.4 Å². The number of phosphoric acid groups is 3. The molecule has 8 atom stereocenters. The van der Waals surface area contributed by atoms with Crippen molar-refractivity contribution in [2.45, 2.75) is 49.3 Å². The average molecular weight is 552 g/mol. The van der Waals surface area contributed by atoms with Crippen molar-refractivity contribution in [2.75, 3.05) is 13.2 Å². The number of phosphoric ester groups is 3. The molecular formula is C11H23O19P3. The second kappa shape index (κ2) is 12.0. The zero-order valence-electron chi connectivity index (χ0n) is 16.2. The molecule has 0 amide bonds. The number of carbonyl (C=O) groups is 1. The Labute approximate surface area is 184 Å². The lowest BCUT2D eigenvalue weighted by Crippen LogP contribution is -2.59. The Morgan fingerprint density at radius 2 is 1.48 bits per heavy atom. The van der Waals surface area contributed by atoms with E-state index in [1.54, 1.807) is 0 Å². The molecule has 10 N–H and O–H groups in total. The molecule has 1 rings (SSSR count). The number of carbonyl (C=O) groups excluding carboxylic acids is 1. The van der Waals surface area contributed by atoms with Crippen molar-refractivity contribution in [3.05, 3.63) is 0 Å². The minimum atomic E-state index is -5.59. The summed E-state index contributed by atoms with van der Waals surface area (Å²) in [6.07, 6.45) is -16.3. The molecule has 1 heterocycles. The summed E-state index contributed by atoms with van der Waals surface area (Å²) in [6.45, 7) is -2.12. The molecule has 1 aliphatic heterocycles. The largest absolute Gasteiger partial charge is 0.530 e. The van der Waals surface area contributed by atoms with Gasteiger partial charge in [-0.2, -0.15) is 0 Å². The van der Waals surface area contributed by atoms with Gasteiger partial charge in [0.2, 0.25) is 0 Å². The molecule has 196 valence electrons. The summed E-state index contributed by atoms with van der Waals surface area (Å²) >= 11 is 0. The van der Waals surface area contributed by atoms with E-state index in [9.17, 15) is 38.7 Å². The maximum absolute atomic E-state index is 12.1. The van der Waals surface area contributed by atoms with Gasteiger partial charge in [-0.15, -0.1) is 0 Å². The predicted octanol–water partition coefficient (Wildman–Crippen LogP) is -4.22. The normalized spacial score (nSPS) is 30.3. The molecule has 0 bridgehead atoms. The van der Waals surface area contributed by atoms with Crippen LogP contribution in [-0.4, -0.2) is 112 Å².